The summed E-state index contributed by atoms with van der Waals surface area (Å²) in [5.41, 5.74) is 0. The molecule has 19 heavy (non-hydrogen) atoms. The predicted molar refractivity (Wildman–Crippen MR) is 77.2 cm³/mol. The first-order valence-corrected chi connectivity index (χ1v) is 7.15. The van der Waals surface area contributed by atoms with Crippen molar-refractivity contribution in [2.24, 2.45) is 5.92 Å². The van der Waals surface area contributed by atoms with Crippen molar-refractivity contribution in [3.63, 3.8) is 0 Å². The van der Waals surface area contributed by atoms with Crippen molar-refractivity contribution in [1.29, 1.82) is 0 Å². The zero-order valence-electron chi connectivity index (χ0n) is 12.8. The van der Waals surface area contributed by atoms with E-state index in [9.17, 15) is 4.79 Å². The fourth-order valence-electron chi connectivity index (χ4n) is 1.44. The number of nitrogens with one attached hydrogen (secondary N) is 2. The second-order valence-corrected chi connectivity index (χ2v) is 5.13. The highest BCUT2D eigenvalue weighted by atomic mass is 16.5. The molecule has 0 aliphatic carbocycles. The van der Waals surface area contributed by atoms with Crippen LogP contribution in [0, 0.1) is 5.92 Å². The average molecular weight is 274 g/mol. The molecule has 1 amide bonds. The number of unbranched alkanes of at least 4 members (excludes halogenated alkanes) is 1. The minimum absolute atomic E-state index is 0.0741. The second kappa shape index (κ2) is 12.4. The molecule has 0 heterocycles. The zero-order valence-corrected chi connectivity index (χ0v) is 12.8. The van der Waals surface area contributed by atoms with Crippen molar-refractivity contribution in [3.8, 4) is 0 Å². The Morgan fingerprint density at radius 3 is 2.47 bits per heavy atom. The molecule has 2 N–H and O–H groups in total. The highest BCUT2D eigenvalue weighted by Gasteiger charge is 2.11. The first kappa shape index (κ1) is 18.4. The van der Waals surface area contributed by atoms with Gasteiger partial charge < -0.3 is 20.1 Å². The minimum Gasteiger partial charge on any atom is -0.382 e. The van der Waals surface area contributed by atoms with Crippen molar-refractivity contribution in [2.75, 3.05) is 40.0 Å². The van der Waals surface area contributed by atoms with E-state index in [4.69, 9.17) is 9.47 Å². The maximum Gasteiger partial charge on any atom is 0.236 e. The minimum atomic E-state index is -0.131. The Morgan fingerprint density at radius 2 is 1.84 bits per heavy atom. The van der Waals surface area contributed by atoms with E-state index in [2.05, 4.69) is 24.5 Å². The molecule has 114 valence electrons. The SMILES string of the molecule is COCCOCCCCNC(C)C(=O)NCC(C)C. The van der Waals surface area contributed by atoms with Crippen LogP contribution in [0.25, 0.3) is 0 Å². The average Bonchev–Trinajstić information content (AvgIpc) is 2.38. The normalized spacial score (nSPS) is 12.7. The van der Waals surface area contributed by atoms with Gasteiger partial charge in [-0.25, -0.2) is 0 Å². The summed E-state index contributed by atoms with van der Waals surface area (Å²) < 4.78 is 10.2. The highest BCUT2D eigenvalue weighted by molar-refractivity contribution is 5.81. The molecule has 0 aromatic rings. The monoisotopic (exact) mass is 274 g/mol. The summed E-state index contributed by atoms with van der Waals surface area (Å²) in [4.78, 5) is 11.7. The van der Waals surface area contributed by atoms with Crippen molar-refractivity contribution < 1.29 is 14.3 Å². The molecular weight excluding hydrogens is 244 g/mol. The molecule has 0 aliphatic rings. The molecule has 1 unspecified atom stereocenters. The van der Waals surface area contributed by atoms with Gasteiger partial charge in [0.1, 0.15) is 0 Å². The van der Waals surface area contributed by atoms with Gasteiger partial charge in [0.15, 0.2) is 0 Å². The largest absolute Gasteiger partial charge is 0.382 e. The van der Waals surface area contributed by atoms with Crippen molar-refractivity contribution in [1.82, 2.24) is 10.6 Å². The van der Waals surface area contributed by atoms with Crippen LogP contribution in [0.15, 0.2) is 0 Å². The number of amides is 1. The molecule has 0 rings (SSSR count). The van der Waals surface area contributed by atoms with Gasteiger partial charge in [0, 0.05) is 20.3 Å². The number of hydrogen-bond acceptors (Lipinski definition) is 4. The van der Waals surface area contributed by atoms with Crippen molar-refractivity contribution in [3.05, 3.63) is 0 Å². The van der Waals surface area contributed by atoms with Crippen LogP contribution < -0.4 is 10.6 Å². The number of hydrogen-bond donors (Lipinski definition) is 2. The van der Waals surface area contributed by atoms with E-state index in [-0.39, 0.29) is 11.9 Å². The van der Waals surface area contributed by atoms with Crippen LogP contribution >= 0.6 is 0 Å². The van der Waals surface area contributed by atoms with Crippen LogP contribution in [-0.2, 0) is 14.3 Å². The summed E-state index contributed by atoms with van der Waals surface area (Å²) in [7, 11) is 1.67. The standard InChI is InChI=1S/C14H30N2O3/c1-12(2)11-16-14(17)13(3)15-7-5-6-8-19-10-9-18-4/h12-13,15H,5-11H2,1-4H3,(H,16,17). The third kappa shape index (κ3) is 12.1. The second-order valence-electron chi connectivity index (χ2n) is 5.13. The molecule has 0 aliphatic heterocycles. The van der Waals surface area contributed by atoms with Gasteiger partial charge in [0.05, 0.1) is 19.3 Å². The van der Waals surface area contributed by atoms with Crippen molar-refractivity contribution in [2.45, 2.75) is 39.7 Å². The number of rotatable bonds is 12. The first-order chi connectivity index (χ1) is 9.07. The Kier molecular flexibility index (Phi) is 12.0. The Morgan fingerprint density at radius 1 is 1.11 bits per heavy atom. The summed E-state index contributed by atoms with van der Waals surface area (Å²) in [6.45, 7) is 9.68. The molecule has 5 heteroatoms. The topological polar surface area (TPSA) is 59.6 Å². The zero-order chi connectivity index (χ0) is 14.5. The smallest absolute Gasteiger partial charge is 0.236 e. The number of methoxy groups -OCH3 is 1. The van der Waals surface area contributed by atoms with Gasteiger partial charge in [0.25, 0.3) is 0 Å². The molecule has 0 spiro atoms. The van der Waals surface area contributed by atoms with E-state index in [0.717, 1.165) is 32.5 Å². The van der Waals surface area contributed by atoms with Gasteiger partial charge in [0.2, 0.25) is 5.91 Å². The molecule has 5 nitrogen and oxygen atoms in total. The predicted octanol–water partition coefficient (Wildman–Crippen LogP) is 1.18. The molecule has 0 saturated carbocycles. The van der Waals surface area contributed by atoms with Crippen LogP contribution in [0.2, 0.25) is 0 Å². The molecule has 0 saturated heterocycles. The fourth-order valence-corrected chi connectivity index (χ4v) is 1.44. The summed E-state index contributed by atoms with van der Waals surface area (Å²) in [5, 5.41) is 6.13. The van der Waals surface area contributed by atoms with E-state index in [1.165, 1.54) is 0 Å². The van der Waals surface area contributed by atoms with Crippen LogP contribution in [-0.4, -0.2) is 52.0 Å². The maximum absolute atomic E-state index is 11.7. The van der Waals surface area contributed by atoms with Gasteiger partial charge in [-0.15, -0.1) is 0 Å². The molecule has 0 aromatic heterocycles. The van der Waals surface area contributed by atoms with Crippen LogP contribution in [0.4, 0.5) is 0 Å². The summed E-state index contributed by atoms with van der Waals surface area (Å²) in [6, 6.07) is -0.131. The Balaban J connectivity index is 3.37. The molecular formula is C14H30N2O3. The molecule has 0 fully saturated rings. The summed E-state index contributed by atoms with van der Waals surface area (Å²) in [6.07, 6.45) is 2.01. The Labute approximate surface area is 117 Å². The number of carbonyl (C=O) groups is 1. The van der Waals surface area contributed by atoms with Gasteiger partial charge in [-0.1, -0.05) is 13.8 Å². The number of carbonyl (C=O) groups excluding carboxylic acids is 1. The lowest BCUT2D eigenvalue weighted by Crippen LogP contribution is -2.43. The van der Waals surface area contributed by atoms with Crippen LogP contribution in [0.5, 0.6) is 0 Å². The maximum atomic E-state index is 11.7. The quantitative estimate of drug-likeness (QED) is 0.525. The van der Waals surface area contributed by atoms with Gasteiger partial charge in [-0.05, 0) is 32.2 Å². The third-order valence-corrected chi connectivity index (χ3v) is 2.68. The molecule has 0 aromatic carbocycles. The van der Waals surface area contributed by atoms with Gasteiger partial charge in [-0.2, -0.15) is 0 Å². The van der Waals surface area contributed by atoms with Crippen molar-refractivity contribution >= 4 is 5.91 Å². The molecule has 1 atom stereocenters. The lowest BCUT2D eigenvalue weighted by atomic mass is 10.2. The highest BCUT2D eigenvalue weighted by Crippen LogP contribution is 1.92. The Hall–Kier alpha value is -0.650. The van der Waals surface area contributed by atoms with E-state index in [1.807, 2.05) is 6.92 Å². The van der Waals surface area contributed by atoms with E-state index < -0.39 is 0 Å². The third-order valence-electron chi connectivity index (χ3n) is 2.68. The van der Waals surface area contributed by atoms with E-state index in [1.54, 1.807) is 7.11 Å². The van der Waals surface area contributed by atoms with E-state index in [0.29, 0.717) is 19.1 Å². The summed E-state index contributed by atoms with van der Waals surface area (Å²) >= 11 is 0. The molecule has 0 bridgehead atoms. The summed E-state index contributed by atoms with van der Waals surface area (Å²) in [5.74, 6) is 0.561. The lowest BCUT2D eigenvalue weighted by Gasteiger charge is -2.15. The number of ether oxygens (including phenoxy) is 2. The van der Waals surface area contributed by atoms with Gasteiger partial charge in [-0.3, -0.25) is 4.79 Å². The van der Waals surface area contributed by atoms with E-state index >= 15 is 0 Å². The van der Waals surface area contributed by atoms with Crippen LogP contribution in [0.3, 0.4) is 0 Å². The lowest BCUT2D eigenvalue weighted by molar-refractivity contribution is -0.122. The first-order valence-electron chi connectivity index (χ1n) is 7.15. The fraction of sp³-hybridized carbons (Fsp3) is 0.929. The molecule has 0 radical (unpaired) electrons. The Bertz CT molecular complexity index is 223. The van der Waals surface area contributed by atoms with Crippen LogP contribution in [0.1, 0.15) is 33.6 Å². The van der Waals surface area contributed by atoms with Gasteiger partial charge >= 0.3 is 0 Å².